The summed E-state index contributed by atoms with van der Waals surface area (Å²) in [5, 5.41) is 10.9. The first kappa shape index (κ1) is 15.6. The van der Waals surface area contributed by atoms with Gasteiger partial charge in [0.25, 0.3) is 0 Å². The number of carbonyl (C=O) groups excluding carboxylic acids is 1. The summed E-state index contributed by atoms with van der Waals surface area (Å²) >= 11 is 0. The highest BCUT2D eigenvalue weighted by molar-refractivity contribution is 5.86. The summed E-state index contributed by atoms with van der Waals surface area (Å²) in [4.78, 5) is 11.8. The first-order chi connectivity index (χ1) is 9.67. The minimum absolute atomic E-state index is 0.0952. The summed E-state index contributed by atoms with van der Waals surface area (Å²) in [7, 11) is 0. The maximum atomic E-state index is 11.8. The zero-order chi connectivity index (χ0) is 15.1. The van der Waals surface area contributed by atoms with Crippen LogP contribution in [-0.4, -0.2) is 20.9 Å². The van der Waals surface area contributed by atoms with E-state index < -0.39 is 0 Å². The largest absolute Gasteiger partial charge is 0.324 e. The fraction of sp³-hybridized carbons (Fsp3) is 0.267. The molecule has 1 aromatic heterocycles. The summed E-state index contributed by atoms with van der Waals surface area (Å²) in [6.45, 7) is 13.1. The molecule has 0 atom stereocenters. The van der Waals surface area contributed by atoms with Crippen LogP contribution in [0, 0.1) is 6.92 Å². The number of hydrogen-bond acceptors (Lipinski definition) is 3. The van der Waals surface area contributed by atoms with Crippen LogP contribution in [-0.2, 0) is 11.2 Å². The second-order valence-electron chi connectivity index (χ2n) is 3.86. The van der Waals surface area contributed by atoms with E-state index in [1.807, 2.05) is 20.8 Å². The van der Waals surface area contributed by atoms with E-state index >= 15 is 0 Å². The van der Waals surface area contributed by atoms with Gasteiger partial charge in [-0.1, -0.05) is 44.4 Å². The van der Waals surface area contributed by atoms with Crippen LogP contribution < -0.4 is 5.32 Å². The number of nitrogens with one attached hydrogen (secondary N) is 1. The Bertz CT molecular complexity index is 579. The number of fused-ring (bicyclic) bond motifs is 1. The summed E-state index contributed by atoms with van der Waals surface area (Å²) in [5.41, 5.74) is 2.90. The van der Waals surface area contributed by atoms with E-state index in [1.54, 1.807) is 29.0 Å². The molecular weight excluding hydrogens is 252 g/mol. The lowest BCUT2D eigenvalue weighted by atomic mass is 10.2. The molecular formula is C15H20N4O. The molecule has 0 spiro atoms. The average Bonchev–Trinajstić information content (AvgIpc) is 2.73. The summed E-state index contributed by atoms with van der Waals surface area (Å²) in [5.74, 6) is -0.0952. The number of amides is 1. The average molecular weight is 272 g/mol. The molecule has 0 fully saturated rings. The van der Waals surface area contributed by atoms with Crippen LogP contribution in [0.1, 0.15) is 25.2 Å². The monoisotopic (exact) mass is 272 g/mol. The predicted molar refractivity (Wildman–Crippen MR) is 80.7 cm³/mol. The van der Waals surface area contributed by atoms with Gasteiger partial charge < -0.3 is 5.32 Å². The number of aryl methyl sites for hydroxylation is 1. The number of aromatic nitrogens is 3. The molecule has 0 bridgehead atoms. The molecule has 0 aliphatic carbocycles. The number of allylic oxidation sites excluding steroid dienone is 5. The van der Waals surface area contributed by atoms with E-state index in [4.69, 9.17) is 0 Å². The van der Waals surface area contributed by atoms with Gasteiger partial charge in [-0.15, -0.1) is 5.10 Å². The van der Waals surface area contributed by atoms with Crippen LogP contribution in [0.4, 0.5) is 0 Å². The quantitative estimate of drug-likeness (QED) is 0.899. The Kier molecular flexibility index (Phi) is 5.65. The molecule has 2 heterocycles. The van der Waals surface area contributed by atoms with Crippen molar-refractivity contribution >= 4 is 11.6 Å². The Morgan fingerprint density at radius 1 is 1.25 bits per heavy atom. The molecule has 0 saturated heterocycles. The van der Waals surface area contributed by atoms with Crippen molar-refractivity contribution in [3.63, 3.8) is 0 Å². The molecule has 0 aromatic carbocycles. The van der Waals surface area contributed by atoms with E-state index in [1.165, 1.54) is 0 Å². The van der Waals surface area contributed by atoms with Crippen LogP contribution in [0.25, 0.3) is 5.70 Å². The Hall–Kier alpha value is -2.43. The van der Waals surface area contributed by atoms with Gasteiger partial charge in [0.05, 0.1) is 29.2 Å². The maximum Gasteiger partial charge on any atom is 0.230 e. The van der Waals surface area contributed by atoms with E-state index in [2.05, 4.69) is 28.8 Å². The molecule has 5 heteroatoms. The van der Waals surface area contributed by atoms with E-state index in [0.29, 0.717) is 5.70 Å². The molecule has 5 nitrogen and oxygen atoms in total. The standard InChI is InChI=1S/C13H14N4O.C2H6/c1-4-6-10-11(7-5-2)17-12(8-13(18)14-10)9(3)15-16-17;1-2/h4-7H,1-2,8H2,3H3,(H,14,18);1-2H3/b10-6+,11-7+;. The molecule has 1 aliphatic heterocycles. The van der Waals surface area contributed by atoms with Gasteiger partial charge >= 0.3 is 0 Å². The molecule has 0 unspecified atom stereocenters. The zero-order valence-electron chi connectivity index (χ0n) is 12.2. The van der Waals surface area contributed by atoms with E-state index in [9.17, 15) is 4.79 Å². The van der Waals surface area contributed by atoms with Gasteiger partial charge in [0.2, 0.25) is 5.91 Å². The second-order valence-corrected chi connectivity index (χ2v) is 3.86. The Labute approximate surface area is 119 Å². The summed E-state index contributed by atoms with van der Waals surface area (Å²) in [6, 6.07) is 0. The molecule has 2 rings (SSSR count). The van der Waals surface area contributed by atoms with Crippen LogP contribution in [0.2, 0.25) is 0 Å². The molecule has 20 heavy (non-hydrogen) atoms. The fourth-order valence-electron chi connectivity index (χ4n) is 1.81. The number of carbonyl (C=O) groups is 1. The van der Waals surface area contributed by atoms with Crippen molar-refractivity contribution < 1.29 is 4.79 Å². The van der Waals surface area contributed by atoms with Crippen LogP contribution in [0.15, 0.2) is 43.2 Å². The van der Waals surface area contributed by atoms with Crippen molar-refractivity contribution in [1.82, 2.24) is 20.3 Å². The van der Waals surface area contributed by atoms with Crippen LogP contribution in [0.3, 0.4) is 0 Å². The summed E-state index contributed by atoms with van der Waals surface area (Å²) < 4.78 is 1.66. The Morgan fingerprint density at radius 3 is 2.50 bits per heavy atom. The fourth-order valence-corrected chi connectivity index (χ4v) is 1.81. The highest BCUT2D eigenvalue weighted by atomic mass is 16.1. The predicted octanol–water partition coefficient (Wildman–Crippen LogP) is 2.38. The van der Waals surface area contributed by atoms with Crippen molar-refractivity contribution in [2.45, 2.75) is 27.2 Å². The van der Waals surface area contributed by atoms with Crippen molar-refractivity contribution in [2.75, 3.05) is 0 Å². The van der Waals surface area contributed by atoms with E-state index in [-0.39, 0.29) is 12.3 Å². The smallest absolute Gasteiger partial charge is 0.230 e. The van der Waals surface area contributed by atoms with Gasteiger partial charge in [-0.05, 0) is 19.1 Å². The van der Waals surface area contributed by atoms with Crippen LogP contribution >= 0.6 is 0 Å². The minimum atomic E-state index is -0.0952. The highest BCUT2D eigenvalue weighted by Crippen LogP contribution is 2.21. The lowest BCUT2D eigenvalue weighted by molar-refractivity contribution is -0.119. The van der Waals surface area contributed by atoms with Gasteiger partial charge in [0.1, 0.15) is 0 Å². The van der Waals surface area contributed by atoms with Gasteiger partial charge in [0, 0.05) is 0 Å². The third kappa shape index (κ3) is 3.12. The first-order valence-electron chi connectivity index (χ1n) is 6.54. The van der Waals surface area contributed by atoms with Gasteiger partial charge in [-0.3, -0.25) is 4.79 Å². The molecule has 1 aromatic rings. The number of hydrogen-bond donors (Lipinski definition) is 1. The second kappa shape index (κ2) is 7.23. The third-order valence-electron chi connectivity index (χ3n) is 2.62. The van der Waals surface area contributed by atoms with Crippen molar-refractivity contribution in [3.8, 4) is 0 Å². The van der Waals surface area contributed by atoms with Crippen LogP contribution in [0.5, 0.6) is 0 Å². The normalized spacial score (nSPS) is 17.6. The molecule has 1 N–H and O–H groups in total. The lowest BCUT2D eigenvalue weighted by Crippen LogP contribution is -2.22. The van der Waals surface area contributed by atoms with Crippen molar-refractivity contribution in [2.24, 2.45) is 0 Å². The van der Waals surface area contributed by atoms with Crippen molar-refractivity contribution in [3.05, 3.63) is 54.5 Å². The topological polar surface area (TPSA) is 59.8 Å². The van der Waals surface area contributed by atoms with Gasteiger partial charge in [-0.25, -0.2) is 4.68 Å². The SMILES string of the molecule is C=C/C=C1/NC(=O)Cc2c(C)nnn2/C1=C/C=C.CC. The Balaban J connectivity index is 0.000000956. The first-order valence-corrected chi connectivity index (χ1v) is 6.54. The lowest BCUT2D eigenvalue weighted by Gasteiger charge is -2.09. The minimum Gasteiger partial charge on any atom is -0.324 e. The molecule has 1 aliphatic rings. The number of nitrogens with zero attached hydrogens (tertiary/aromatic N) is 3. The Morgan fingerprint density at radius 2 is 1.90 bits per heavy atom. The summed E-state index contributed by atoms with van der Waals surface area (Å²) in [6.07, 6.45) is 7.01. The molecule has 1 amide bonds. The van der Waals surface area contributed by atoms with Gasteiger partial charge in [0.15, 0.2) is 0 Å². The third-order valence-corrected chi connectivity index (χ3v) is 2.62. The molecule has 106 valence electrons. The maximum absolute atomic E-state index is 11.8. The molecule has 0 radical (unpaired) electrons. The van der Waals surface area contributed by atoms with E-state index in [0.717, 1.165) is 17.1 Å². The number of rotatable bonds is 2. The highest BCUT2D eigenvalue weighted by Gasteiger charge is 2.23. The van der Waals surface area contributed by atoms with Gasteiger partial charge in [-0.2, -0.15) is 0 Å². The zero-order valence-corrected chi connectivity index (χ0v) is 12.2. The van der Waals surface area contributed by atoms with Crippen molar-refractivity contribution in [1.29, 1.82) is 0 Å². The molecule has 0 saturated carbocycles.